The van der Waals surface area contributed by atoms with Gasteiger partial charge < -0.3 is 10.2 Å². The molecule has 2 aliphatic rings. The molecule has 0 unspecified atom stereocenters. The maximum Gasteiger partial charge on any atom is 0.253 e. The monoisotopic (exact) mass is 318 g/mol. The molecule has 0 spiro atoms. The zero-order valence-electron chi connectivity index (χ0n) is 13.1. The first-order valence-electron chi connectivity index (χ1n) is 7.95. The summed E-state index contributed by atoms with van der Waals surface area (Å²) in [5.74, 6) is 0.777. The minimum Gasteiger partial charge on any atom is -0.339 e. The number of thioether (sulfide) groups is 1. The quantitative estimate of drug-likeness (QED) is 0.863. The van der Waals surface area contributed by atoms with E-state index in [4.69, 9.17) is 0 Å². The Morgan fingerprint density at radius 1 is 1.27 bits per heavy atom. The highest BCUT2D eigenvalue weighted by atomic mass is 32.2. The molecule has 1 aromatic carbocycles. The van der Waals surface area contributed by atoms with Gasteiger partial charge in [0.15, 0.2) is 0 Å². The van der Waals surface area contributed by atoms with Gasteiger partial charge in [-0.25, -0.2) is 0 Å². The van der Waals surface area contributed by atoms with Crippen LogP contribution in [0.2, 0.25) is 0 Å². The minimum absolute atomic E-state index is 0.00527. The number of hydrogen-bond acceptors (Lipinski definition) is 3. The van der Waals surface area contributed by atoms with Gasteiger partial charge in [0, 0.05) is 23.5 Å². The number of anilines is 1. The van der Waals surface area contributed by atoms with Gasteiger partial charge in [0.2, 0.25) is 5.91 Å². The van der Waals surface area contributed by atoms with Gasteiger partial charge in [-0.15, -0.1) is 11.8 Å². The molecule has 1 aromatic rings. The summed E-state index contributed by atoms with van der Waals surface area (Å²) in [4.78, 5) is 27.5. The highest BCUT2D eigenvalue weighted by Gasteiger charge is 2.25. The summed E-state index contributed by atoms with van der Waals surface area (Å²) >= 11 is 1.54. The van der Waals surface area contributed by atoms with Crippen LogP contribution in [0.15, 0.2) is 23.1 Å². The summed E-state index contributed by atoms with van der Waals surface area (Å²) in [7, 11) is 0. The molecule has 3 rings (SSSR count). The van der Waals surface area contributed by atoms with Gasteiger partial charge in [-0.1, -0.05) is 6.92 Å². The molecule has 22 heavy (non-hydrogen) atoms. The van der Waals surface area contributed by atoms with E-state index < -0.39 is 0 Å². The van der Waals surface area contributed by atoms with E-state index in [1.807, 2.05) is 30.0 Å². The lowest BCUT2D eigenvalue weighted by Gasteiger charge is -2.24. The van der Waals surface area contributed by atoms with Gasteiger partial charge in [0.05, 0.1) is 10.9 Å². The maximum atomic E-state index is 12.7. The summed E-state index contributed by atoms with van der Waals surface area (Å²) in [5.41, 5.74) is 1.44. The van der Waals surface area contributed by atoms with Crippen molar-refractivity contribution in [3.05, 3.63) is 23.8 Å². The lowest BCUT2D eigenvalue weighted by atomic mass is 10.0. The zero-order valence-corrected chi connectivity index (χ0v) is 13.9. The third-order valence-corrected chi connectivity index (χ3v) is 5.64. The second-order valence-corrected chi connectivity index (χ2v) is 7.67. The van der Waals surface area contributed by atoms with Crippen LogP contribution < -0.4 is 5.32 Å². The van der Waals surface area contributed by atoms with Crippen molar-refractivity contribution < 1.29 is 9.59 Å². The van der Waals surface area contributed by atoms with Crippen LogP contribution in [0.3, 0.4) is 0 Å². The van der Waals surface area contributed by atoms with Gasteiger partial charge in [-0.05, 0) is 50.3 Å². The molecule has 4 nitrogen and oxygen atoms in total. The molecule has 5 heteroatoms. The van der Waals surface area contributed by atoms with Crippen LogP contribution in [0.4, 0.5) is 5.69 Å². The summed E-state index contributed by atoms with van der Waals surface area (Å²) in [5, 5.41) is 2.81. The molecular formula is C17H22N2O2S. The third kappa shape index (κ3) is 3.14. The number of hydrogen-bond donors (Lipinski definition) is 1. The Bertz CT molecular complexity index is 602. The number of carbonyl (C=O) groups is 2. The number of nitrogens with one attached hydrogen (secondary N) is 1. The maximum absolute atomic E-state index is 12.7. The van der Waals surface area contributed by atoms with Crippen molar-refractivity contribution in [3.8, 4) is 0 Å². The minimum atomic E-state index is -0.0823. The topological polar surface area (TPSA) is 49.4 Å². The van der Waals surface area contributed by atoms with Crippen LogP contribution in [0, 0.1) is 5.92 Å². The average molecular weight is 318 g/mol. The van der Waals surface area contributed by atoms with Crippen molar-refractivity contribution in [2.45, 2.75) is 43.3 Å². The van der Waals surface area contributed by atoms with Crippen LogP contribution in [0.1, 0.15) is 43.5 Å². The number of nitrogens with zero attached hydrogens (tertiary/aromatic N) is 1. The van der Waals surface area contributed by atoms with E-state index in [-0.39, 0.29) is 17.1 Å². The normalized spacial score (nSPS) is 25.2. The molecular weight excluding hydrogens is 296 g/mol. The SMILES string of the molecule is C[C@@H]1CCCN(C(=O)c2ccc3c(c2)NC(=O)[C@@H](C)S3)CC1. The number of amides is 2. The lowest BCUT2D eigenvalue weighted by molar-refractivity contribution is -0.115. The fourth-order valence-corrected chi connectivity index (χ4v) is 3.92. The van der Waals surface area contributed by atoms with E-state index in [1.165, 1.54) is 6.42 Å². The number of likely N-dealkylation sites (tertiary alicyclic amines) is 1. The highest BCUT2D eigenvalue weighted by molar-refractivity contribution is 8.00. The summed E-state index contributed by atoms with van der Waals surface area (Å²) in [6, 6.07) is 5.65. The Hall–Kier alpha value is -1.49. The molecule has 0 bridgehead atoms. The molecule has 2 amide bonds. The van der Waals surface area contributed by atoms with Gasteiger partial charge in [-0.2, -0.15) is 0 Å². The Labute approximate surface area is 135 Å². The van der Waals surface area contributed by atoms with Crippen molar-refractivity contribution in [1.29, 1.82) is 0 Å². The van der Waals surface area contributed by atoms with Crippen LogP contribution in [0.5, 0.6) is 0 Å². The molecule has 1 fully saturated rings. The van der Waals surface area contributed by atoms with E-state index in [2.05, 4.69) is 12.2 Å². The second kappa shape index (κ2) is 6.32. The first kappa shape index (κ1) is 15.4. The Balaban J connectivity index is 1.79. The van der Waals surface area contributed by atoms with Crippen LogP contribution in [-0.2, 0) is 4.79 Å². The first-order valence-corrected chi connectivity index (χ1v) is 8.83. The van der Waals surface area contributed by atoms with Crippen molar-refractivity contribution in [2.24, 2.45) is 5.92 Å². The molecule has 118 valence electrons. The van der Waals surface area contributed by atoms with Gasteiger partial charge in [0.1, 0.15) is 0 Å². The van der Waals surface area contributed by atoms with Crippen molar-refractivity contribution in [1.82, 2.24) is 4.90 Å². The molecule has 1 saturated heterocycles. The molecule has 2 aliphatic heterocycles. The Morgan fingerprint density at radius 2 is 2.09 bits per heavy atom. The molecule has 0 radical (unpaired) electrons. The number of rotatable bonds is 1. The molecule has 0 aliphatic carbocycles. The van der Waals surface area contributed by atoms with E-state index in [9.17, 15) is 9.59 Å². The van der Waals surface area contributed by atoms with E-state index >= 15 is 0 Å². The highest BCUT2D eigenvalue weighted by Crippen LogP contribution is 2.36. The lowest BCUT2D eigenvalue weighted by Crippen LogP contribution is -2.32. The van der Waals surface area contributed by atoms with Crippen LogP contribution >= 0.6 is 11.8 Å². The standard InChI is InChI=1S/C17H22N2O2S/c1-11-4-3-8-19(9-7-11)17(21)13-5-6-15-14(10-13)18-16(20)12(2)22-15/h5-6,10-12H,3-4,7-9H2,1-2H3,(H,18,20)/t11-,12-/m1/s1. The molecule has 1 N–H and O–H groups in total. The van der Waals surface area contributed by atoms with E-state index in [1.54, 1.807) is 11.8 Å². The summed E-state index contributed by atoms with van der Waals surface area (Å²) in [6.07, 6.45) is 3.33. The zero-order chi connectivity index (χ0) is 15.7. The smallest absolute Gasteiger partial charge is 0.253 e. The van der Waals surface area contributed by atoms with Crippen LogP contribution in [0.25, 0.3) is 0 Å². The van der Waals surface area contributed by atoms with Gasteiger partial charge in [-0.3, -0.25) is 9.59 Å². The molecule has 0 saturated carbocycles. The van der Waals surface area contributed by atoms with Crippen molar-refractivity contribution in [2.75, 3.05) is 18.4 Å². The first-order chi connectivity index (χ1) is 10.5. The Kier molecular flexibility index (Phi) is 4.43. The fraction of sp³-hybridized carbons (Fsp3) is 0.529. The summed E-state index contributed by atoms with van der Waals surface area (Å²) < 4.78 is 0. The van der Waals surface area contributed by atoms with Crippen molar-refractivity contribution in [3.63, 3.8) is 0 Å². The third-order valence-electron chi connectivity index (χ3n) is 4.46. The number of fused-ring (bicyclic) bond motifs is 1. The average Bonchev–Trinajstić information content (AvgIpc) is 2.72. The van der Waals surface area contributed by atoms with E-state index in [0.29, 0.717) is 11.5 Å². The molecule has 2 atom stereocenters. The summed E-state index contributed by atoms with van der Waals surface area (Å²) in [6.45, 7) is 5.80. The van der Waals surface area contributed by atoms with Gasteiger partial charge in [0.25, 0.3) is 5.91 Å². The predicted octanol–water partition coefficient (Wildman–Crippen LogP) is 3.38. The van der Waals surface area contributed by atoms with Crippen LogP contribution in [-0.4, -0.2) is 35.1 Å². The number of carbonyl (C=O) groups excluding carboxylic acids is 2. The van der Waals surface area contributed by atoms with E-state index in [0.717, 1.165) is 36.5 Å². The largest absolute Gasteiger partial charge is 0.339 e. The molecule has 0 aromatic heterocycles. The second-order valence-electron chi connectivity index (χ2n) is 6.29. The van der Waals surface area contributed by atoms with Gasteiger partial charge >= 0.3 is 0 Å². The Morgan fingerprint density at radius 3 is 2.91 bits per heavy atom. The van der Waals surface area contributed by atoms with Crippen molar-refractivity contribution >= 4 is 29.3 Å². The fourth-order valence-electron chi connectivity index (χ4n) is 2.99. The predicted molar refractivity (Wildman–Crippen MR) is 89.3 cm³/mol. The molecule has 2 heterocycles. The number of benzene rings is 1.